The number of alkyl halides is 3. The zero-order chi connectivity index (χ0) is 14.4. The van der Waals surface area contributed by atoms with Crippen LogP contribution in [0.5, 0.6) is 0 Å². The Hall–Kier alpha value is -1.27. The van der Waals surface area contributed by atoms with Gasteiger partial charge in [-0.05, 0) is 25.2 Å². The molecule has 1 saturated carbocycles. The lowest BCUT2D eigenvalue weighted by atomic mass is 9.75. The zero-order valence-electron chi connectivity index (χ0n) is 10.5. The van der Waals surface area contributed by atoms with E-state index in [1.165, 1.54) is 6.92 Å². The molecule has 1 N–H and O–H groups in total. The molecular formula is C12H16F3NO3. The maximum atomic E-state index is 12.9. The summed E-state index contributed by atoms with van der Waals surface area (Å²) in [6, 6.07) is 0. The van der Waals surface area contributed by atoms with Crippen molar-refractivity contribution in [3.8, 4) is 0 Å². The smallest absolute Gasteiger partial charge is 0.407 e. The molecule has 7 heteroatoms. The number of carboxylic acid groups (broad SMARTS) is 1. The fourth-order valence-corrected chi connectivity index (χ4v) is 3.47. The number of nitrogens with zero attached hydrogens (tertiary/aromatic N) is 1. The van der Waals surface area contributed by atoms with Crippen LogP contribution in [0.2, 0.25) is 0 Å². The van der Waals surface area contributed by atoms with Crippen LogP contribution in [0, 0.1) is 17.3 Å². The van der Waals surface area contributed by atoms with Gasteiger partial charge in [0.1, 0.15) is 5.92 Å². The Morgan fingerprint density at radius 1 is 1.37 bits per heavy atom. The Balaban J connectivity index is 2.16. The number of Topliss-reactive ketones (excluding diaryl/α,β-unsaturated/α-hetero) is 1. The standard InChI is InChI=1S/C12H16F3NO3/c1-7-6-11(9(17)8(7)12(13,14)15)2-4-16(5-3-11)10(18)19/h7-8H,2-6H2,1H3,(H,18,19). The van der Waals surface area contributed by atoms with Crippen LogP contribution in [0.4, 0.5) is 18.0 Å². The summed E-state index contributed by atoms with van der Waals surface area (Å²) in [7, 11) is 0. The molecule has 19 heavy (non-hydrogen) atoms. The van der Waals surface area contributed by atoms with Crippen LogP contribution in [0.1, 0.15) is 26.2 Å². The number of carbonyl (C=O) groups excluding carboxylic acids is 1. The van der Waals surface area contributed by atoms with E-state index in [9.17, 15) is 22.8 Å². The van der Waals surface area contributed by atoms with Crippen LogP contribution < -0.4 is 0 Å². The van der Waals surface area contributed by atoms with Crippen molar-refractivity contribution < 1.29 is 27.9 Å². The van der Waals surface area contributed by atoms with Crippen molar-refractivity contribution in [1.29, 1.82) is 0 Å². The number of piperidine rings is 1. The van der Waals surface area contributed by atoms with Crippen LogP contribution in [0.25, 0.3) is 0 Å². The lowest BCUT2D eigenvalue weighted by Crippen LogP contribution is -2.46. The van der Waals surface area contributed by atoms with Crippen molar-refractivity contribution in [3.63, 3.8) is 0 Å². The van der Waals surface area contributed by atoms with Crippen molar-refractivity contribution >= 4 is 11.9 Å². The number of carbonyl (C=O) groups is 2. The van der Waals surface area contributed by atoms with Gasteiger partial charge in [0.2, 0.25) is 0 Å². The third kappa shape index (κ3) is 2.30. The molecule has 2 rings (SSSR count). The maximum absolute atomic E-state index is 12.9. The van der Waals surface area contributed by atoms with Gasteiger partial charge in [0, 0.05) is 18.5 Å². The monoisotopic (exact) mass is 279 g/mol. The second kappa shape index (κ2) is 4.38. The number of ketones is 1. The van der Waals surface area contributed by atoms with E-state index >= 15 is 0 Å². The first-order valence-corrected chi connectivity index (χ1v) is 6.26. The Morgan fingerprint density at radius 2 is 1.89 bits per heavy atom. The second-order valence-corrected chi connectivity index (χ2v) is 5.61. The first kappa shape index (κ1) is 14.1. The van der Waals surface area contributed by atoms with Crippen molar-refractivity contribution in [3.05, 3.63) is 0 Å². The molecule has 1 amide bonds. The van der Waals surface area contributed by atoms with Crippen LogP contribution in [-0.2, 0) is 4.79 Å². The summed E-state index contributed by atoms with van der Waals surface area (Å²) in [6.07, 6.45) is -4.96. The highest BCUT2D eigenvalue weighted by Crippen LogP contribution is 2.53. The molecule has 0 aromatic heterocycles. The highest BCUT2D eigenvalue weighted by molar-refractivity contribution is 5.90. The van der Waals surface area contributed by atoms with Gasteiger partial charge in [0.25, 0.3) is 0 Å². The Morgan fingerprint density at radius 3 is 2.26 bits per heavy atom. The molecule has 2 unspecified atom stereocenters. The molecule has 1 spiro atoms. The highest BCUT2D eigenvalue weighted by Gasteiger charge is 2.61. The minimum atomic E-state index is -4.50. The van der Waals surface area contributed by atoms with E-state index in [4.69, 9.17) is 5.11 Å². The molecule has 0 bridgehead atoms. The Kier molecular flexibility index (Phi) is 3.26. The Bertz CT molecular complexity index is 400. The number of rotatable bonds is 0. The summed E-state index contributed by atoms with van der Waals surface area (Å²) in [5.74, 6) is -3.34. The highest BCUT2D eigenvalue weighted by atomic mass is 19.4. The molecule has 1 aliphatic heterocycles. The number of amides is 1. The number of halogens is 3. The van der Waals surface area contributed by atoms with Gasteiger partial charge in [-0.2, -0.15) is 13.2 Å². The molecule has 2 aliphatic rings. The quantitative estimate of drug-likeness (QED) is 0.741. The molecule has 108 valence electrons. The summed E-state index contributed by atoms with van der Waals surface area (Å²) in [4.78, 5) is 24.1. The molecule has 1 aliphatic carbocycles. The van der Waals surface area contributed by atoms with Gasteiger partial charge in [0.15, 0.2) is 5.78 Å². The van der Waals surface area contributed by atoms with E-state index in [-0.39, 0.29) is 32.4 Å². The number of hydrogen-bond donors (Lipinski definition) is 1. The Labute approximate surface area is 108 Å². The second-order valence-electron chi connectivity index (χ2n) is 5.61. The van der Waals surface area contributed by atoms with Gasteiger partial charge in [-0.1, -0.05) is 6.92 Å². The molecule has 2 atom stereocenters. The van der Waals surface area contributed by atoms with Crippen molar-refractivity contribution in [2.24, 2.45) is 17.3 Å². The van der Waals surface area contributed by atoms with Gasteiger partial charge >= 0.3 is 12.3 Å². The van der Waals surface area contributed by atoms with E-state index in [2.05, 4.69) is 0 Å². The van der Waals surface area contributed by atoms with Crippen LogP contribution >= 0.6 is 0 Å². The van der Waals surface area contributed by atoms with Gasteiger partial charge < -0.3 is 10.0 Å². The third-order valence-corrected chi connectivity index (χ3v) is 4.43. The number of likely N-dealkylation sites (tertiary alicyclic amines) is 1. The third-order valence-electron chi connectivity index (χ3n) is 4.43. The predicted octanol–water partition coefficient (Wildman–Crippen LogP) is 2.53. The van der Waals surface area contributed by atoms with Gasteiger partial charge in [-0.3, -0.25) is 4.79 Å². The van der Waals surface area contributed by atoms with Crippen LogP contribution in [0.15, 0.2) is 0 Å². The fourth-order valence-electron chi connectivity index (χ4n) is 3.47. The molecule has 1 heterocycles. The average Bonchev–Trinajstić information content (AvgIpc) is 2.50. The predicted molar refractivity (Wildman–Crippen MR) is 59.6 cm³/mol. The maximum Gasteiger partial charge on any atom is 0.407 e. The van der Waals surface area contributed by atoms with E-state index in [0.29, 0.717) is 0 Å². The summed E-state index contributed by atoms with van der Waals surface area (Å²) < 4.78 is 38.6. The summed E-state index contributed by atoms with van der Waals surface area (Å²) in [5.41, 5.74) is -0.967. The van der Waals surface area contributed by atoms with Crippen molar-refractivity contribution in [2.45, 2.75) is 32.4 Å². The minimum Gasteiger partial charge on any atom is -0.465 e. The zero-order valence-corrected chi connectivity index (χ0v) is 10.5. The largest absolute Gasteiger partial charge is 0.465 e. The summed E-state index contributed by atoms with van der Waals surface area (Å²) >= 11 is 0. The van der Waals surface area contributed by atoms with Crippen molar-refractivity contribution in [2.75, 3.05) is 13.1 Å². The lowest BCUT2D eigenvalue weighted by molar-refractivity contribution is -0.186. The molecule has 0 radical (unpaired) electrons. The van der Waals surface area contributed by atoms with E-state index < -0.39 is 35.3 Å². The van der Waals surface area contributed by atoms with E-state index in [0.717, 1.165) is 4.90 Å². The normalized spacial score (nSPS) is 30.9. The van der Waals surface area contributed by atoms with Gasteiger partial charge in [-0.15, -0.1) is 0 Å². The van der Waals surface area contributed by atoms with E-state index in [1.54, 1.807) is 0 Å². The summed E-state index contributed by atoms with van der Waals surface area (Å²) in [5, 5.41) is 8.83. The van der Waals surface area contributed by atoms with Crippen LogP contribution in [0.3, 0.4) is 0 Å². The number of hydrogen-bond acceptors (Lipinski definition) is 2. The van der Waals surface area contributed by atoms with Crippen molar-refractivity contribution in [1.82, 2.24) is 4.90 Å². The minimum absolute atomic E-state index is 0.137. The van der Waals surface area contributed by atoms with Gasteiger partial charge in [-0.25, -0.2) is 4.79 Å². The first-order valence-electron chi connectivity index (χ1n) is 6.26. The molecule has 1 saturated heterocycles. The SMILES string of the molecule is CC1CC2(CCN(C(=O)O)CC2)C(=O)C1C(F)(F)F. The average molecular weight is 279 g/mol. The lowest BCUT2D eigenvalue weighted by Gasteiger charge is -2.37. The van der Waals surface area contributed by atoms with E-state index in [1.807, 2.05) is 0 Å². The molecule has 2 fully saturated rings. The summed E-state index contributed by atoms with van der Waals surface area (Å²) in [6.45, 7) is 1.73. The molecule has 4 nitrogen and oxygen atoms in total. The molecule has 0 aromatic carbocycles. The van der Waals surface area contributed by atoms with Crippen LogP contribution in [-0.4, -0.2) is 41.1 Å². The topological polar surface area (TPSA) is 57.6 Å². The first-order chi connectivity index (χ1) is 8.67. The van der Waals surface area contributed by atoms with Gasteiger partial charge in [0.05, 0.1) is 0 Å². The molecular weight excluding hydrogens is 263 g/mol. The molecule has 0 aromatic rings. The fraction of sp³-hybridized carbons (Fsp3) is 0.833.